The molecule has 0 radical (unpaired) electrons. The fraction of sp³-hybridized carbons (Fsp3) is 0.562. The summed E-state index contributed by atoms with van der Waals surface area (Å²) >= 11 is 3.59. The number of aliphatic hydroxyl groups is 1. The predicted octanol–water partition coefficient (Wildman–Crippen LogP) is 2.17. The number of hydrogen-bond acceptors (Lipinski definition) is 5. The molecule has 4 aliphatic heterocycles. The molecule has 0 bridgehead atoms. The molecule has 0 aromatic carbocycles. The minimum absolute atomic E-state index is 0.265. The minimum atomic E-state index is 0.265. The van der Waals surface area contributed by atoms with Crippen LogP contribution in [-0.2, 0) is 4.74 Å². The molecule has 22 heavy (non-hydrogen) atoms. The van der Waals surface area contributed by atoms with E-state index in [0.717, 1.165) is 54.9 Å². The number of likely N-dealkylation sites (tertiary alicyclic amines) is 1. The predicted molar refractivity (Wildman–Crippen MR) is 88.2 cm³/mol. The van der Waals surface area contributed by atoms with Crippen molar-refractivity contribution in [3.8, 4) is 0 Å². The van der Waals surface area contributed by atoms with Gasteiger partial charge in [-0.2, -0.15) is 0 Å². The van der Waals surface area contributed by atoms with Crippen molar-refractivity contribution in [3.63, 3.8) is 0 Å². The summed E-state index contributed by atoms with van der Waals surface area (Å²) in [6.45, 7) is 3.80. The first-order chi connectivity index (χ1) is 10.8. The van der Waals surface area contributed by atoms with Gasteiger partial charge in [-0.25, -0.2) is 4.99 Å². The maximum Gasteiger partial charge on any atom is 0.205 e. The highest BCUT2D eigenvalue weighted by atomic mass is 79.9. The van der Waals surface area contributed by atoms with E-state index < -0.39 is 0 Å². The number of halogens is 1. The number of allylic oxidation sites excluding steroid dienone is 1. The zero-order valence-electron chi connectivity index (χ0n) is 12.5. The first-order valence-corrected chi connectivity index (χ1v) is 8.68. The van der Waals surface area contributed by atoms with E-state index in [0.29, 0.717) is 12.5 Å². The second-order valence-corrected chi connectivity index (χ2v) is 7.09. The zero-order chi connectivity index (χ0) is 15.1. The number of piperidine rings is 1. The summed E-state index contributed by atoms with van der Waals surface area (Å²) < 4.78 is 6.57. The van der Waals surface area contributed by atoms with Crippen molar-refractivity contribution in [1.29, 1.82) is 0 Å². The average molecular weight is 366 g/mol. The zero-order valence-corrected chi connectivity index (χ0v) is 14.0. The highest BCUT2D eigenvalue weighted by Crippen LogP contribution is 2.40. The van der Waals surface area contributed by atoms with Gasteiger partial charge in [-0.05, 0) is 46.7 Å². The van der Waals surface area contributed by atoms with E-state index in [1.807, 2.05) is 6.20 Å². The number of guanidine groups is 1. The third-order valence-corrected chi connectivity index (χ3v) is 5.42. The van der Waals surface area contributed by atoms with Crippen LogP contribution in [-0.4, -0.2) is 53.7 Å². The van der Waals surface area contributed by atoms with Crippen LogP contribution in [0.4, 0.5) is 0 Å². The van der Waals surface area contributed by atoms with E-state index in [-0.39, 0.29) is 6.61 Å². The molecule has 1 N–H and O–H groups in total. The number of ether oxygens (including phenoxy) is 1. The summed E-state index contributed by atoms with van der Waals surface area (Å²) in [5, 5.41) is 9.47. The third-order valence-electron chi connectivity index (χ3n) is 4.81. The Morgan fingerprint density at radius 3 is 3.18 bits per heavy atom. The summed E-state index contributed by atoms with van der Waals surface area (Å²) in [5.41, 5.74) is 3.72. The van der Waals surface area contributed by atoms with E-state index >= 15 is 0 Å². The first-order valence-electron chi connectivity index (χ1n) is 7.89. The normalized spacial score (nSPS) is 27.7. The third kappa shape index (κ3) is 2.29. The van der Waals surface area contributed by atoms with Gasteiger partial charge in [-0.15, -0.1) is 0 Å². The Morgan fingerprint density at radius 1 is 1.41 bits per heavy atom. The maximum absolute atomic E-state index is 9.47. The molecule has 6 heteroatoms. The van der Waals surface area contributed by atoms with Crippen LogP contribution >= 0.6 is 15.9 Å². The average Bonchev–Trinajstić information content (AvgIpc) is 2.90. The van der Waals surface area contributed by atoms with Crippen LogP contribution in [0.2, 0.25) is 0 Å². The minimum Gasteiger partial charge on any atom is -0.496 e. The molecule has 118 valence electrons. The van der Waals surface area contributed by atoms with Gasteiger partial charge in [-0.1, -0.05) is 0 Å². The summed E-state index contributed by atoms with van der Waals surface area (Å²) in [5.74, 6) is 1.40. The lowest BCUT2D eigenvalue weighted by atomic mass is 9.99. The van der Waals surface area contributed by atoms with Gasteiger partial charge in [0.25, 0.3) is 0 Å². The monoisotopic (exact) mass is 365 g/mol. The van der Waals surface area contributed by atoms with Gasteiger partial charge in [0.05, 0.1) is 16.4 Å². The van der Waals surface area contributed by atoms with Crippen molar-refractivity contribution in [1.82, 2.24) is 9.80 Å². The van der Waals surface area contributed by atoms with Crippen molar-refractivity contribution in [2.45, 2.75) is 19.3 Å². The van der Waals surface area contributed by atoms with Crippen LogP contribution < -0.4 is 0 Å². The molecule has 1 fully saturated rings. The molecule has 4 heterocycles. The van der Waals surface area contributed by atoms with Crippen molar-refractivity contribution in [2.24, 2.45) is 10.9 Å². The smallest absolute Gasteiger partial charge is 0.205 e. The second kappa shape index (κ2) is 5.74. The van der Waals surface area contributed by atoms with Gasteiger partial charge in [0, 0.05) is 38.0 Å². The Labute approximate surface area is 138 Å². The van der Waals surface area contributed by atoms with Crippen LogP contribution in [0, 0.1) is 5.92 Å². The van der Waals surface area contributed by atoms with Crippen LogP contribution in [0.15, 0.2) is 38.8 Å². The molecule has 0 aromatic rings. The summed E-state index contributed by atoms with van der Waals surface area (Å²) in [6.07, 6.45) is 6.97. The van der Waals surface area contributed by atoms with E-state index in [1.165, 1.54) is 11.3 Å². The Kier molecular flexibility index (Phi) is 3.74. The Hall–Kier alpha value is -1.27. The van der Waals surface area contributed by atoms with Crippen molar-refractivity contribution < 1.29 is 9.84 Å². The first kappa shape index (κ1) is 14.3. The van der Waals surface area contributed by atoms with Gasteiger partial charge in [0.15, 0.2) is 0 Å². The van der Waals surface area contributed by atoms with E-state index in [4.69, 9.17) is 9.73 Å². The van der Waals surface area contributed by atoms with Crippen molar-refractivity contribution in [2.75, 3.05) is 32.8 Å². The number of rotatable bonds is 1. The Balaban J connectivity index is 1.68. The summed E-state index contributed by atoms with van der Waals surface area (Å²) in [4.78, 5) is 9.40. The standard InChI is InChI=1S/C16H20BrN3O2/c17-14-10-22-9-12-3-5-20-15(12)13(14)6-18-16(20)19-4-1-2-11(7-19)8-21/h6,10-11,21H,1-5,7-9H2/t11-/m1/s1. The topological polar surface area (TPSA) is 48.3 Å². The second-order valence-electron chi connectivity index (χ2n) is 6.24. The van der Waals surface area contributed by atoms with Crippen LogP contribution in [0.25, 0.3) is 0 Å². The van der Waals surface area contributed by atoms with Gasteiger partial charge in [-0.3, -0.25) is 0 Å². The lowest BCUT2D eigenvalue weighted by molar-refractivity contribution is 0.154. The fourth-order valence-corrected chi connectivity index (χ4v) is 4.12. The molecular formula is C16H20BrN3O2. The van der Waals surface area contributed by atoms with E-state index in [9.17, 15) is 5.11 Å². The van der Waals surface area contributed by atoms with Gasteiger partial charge in [0.2, 0.25) is 5.96 Å². The molecule has 4 aliphatic rings. The Morgan fingerprint density at radius 2 is 2.32 bits per heavy atom. The molecule has 0 aliphatic carbocycles. The molecule has 0 spiro atoms. The van der Waals surface area contributed by atoms with Crippen LogP contribution in [0.3, 0.4) is 0 Å². The molecule has 0 aromatic heterocycles. The SMILES string of the molecule is OC[C@@H]1CCCN(C2=NC=C3C(Br)=COCC4=C3N2CC4)C1. The molecule has 0 unspecified atom stereocenters. The summed E-state index contributed by atoms with van der Waals surface area (Å²) in [6, 6.07) is 0. The van der Waals surface area contributed by atoms with Gasteiger partial charge < -0.3 is 19.6 Å². The van der Waals surface area contributed by atoms with Crippen molar-refractivity contribution >= 4 is 21.9 Å². The highest BCUT2D eigenvalue weighted by molar-refractivity contribution is 9.12. The van der Waals surface area contributed by atoms with E-state index in [2.05, 4.69) is 25.7 Å². The summed E-state index contributed by atoms with van der Waals surface area (Å²) in [7, 11) is 0. The largest absolute Gasteiger partial charge is 0.496 e. The molecule has 1 atom stereocenters. The van der Waals surface area contributed by atoms with Crippen LogP contribution in [0.5, 0.6) is 0 Å². The number of aliphatic hydroxyl groups excluding tert-OH is 1. The number of nitrogens with zero attached hydrogens (tertiary/aromatic N) is 3. The van der Waals surface area contributed by atoms with Crippen molar-refractivity contribution in [3.05, 3.63) is 33.8 Å². The highest BCUT2D eigenvalue weighted by Gasteiger charge is 2.36. The molecule has 5 nitrogen and oxygen atoms in total. The van der Waals surface area contributed by atoms with Gasteiger partial charge in [0.1, 0.15) is 6.61 Å². The molecular weight excluding hydrogens is 346 g/mol. The Bertz CT molecular complexity index is 609. The number of hydrogen-bond donors (Lipinski definition) is 1. The fourth-order valence-electron chi connectivity index (χ4n) is 3.70. The van der Waals surface area contributed by atoms with Crippen LogP contribution in [0.1, 0.15) is 19.3 Å². The molecule has 0 amide bonds. The maximum atomic E-state index is 9.47. The lowest BCUT2D eigenvalue weighted by Crippen LogP contribution is -2.49. The van der Waals surface area contributed by atoms with E-state index in [1.54, 1.807) is 6.26 Å². The molecule has 0 saturated carbocycles. The molecule has 1 saturated heterocycles. The number of aliphatic imine (C=N–C) groups is 1. The lowest BCUT2D eigenvalue weighted by Gasteiger charge is -2.39. The van der Waals surface area contributed by atoms with Gasteiger partial charge >= 0.3 is 0 Å². The molecule has 4 rings (SSSR count). The quantitative estimate of drug-likeness (QED) is 0.773.